The quantitative estimate of drug-likeness (QED) is 0.363. The van der Waals surface area contributed by atoms with E-state index >= 15 is 0 Å². The standard InChI is InChI=1S/C21H12F6O2S/c1-10-6-7-16-14(8-10)19(29,21(25,26)27)15-9-13(18(28)20(22,23)24)11-4-2-3-5-12(11)17(15)30-16/h2-9,29H,1H3. The third kappa shape index (κ3) is 2.91. The van der Waals surface area contributed by atoms with E-state index in [4.69, 9.17) is 0 Å². The molecule has 0 radical (unpaired) electrons. The van der Waals surface area contributed by atoms with E-state index < -0.39 is 40.4 Å². The molecule has 0 aliphatic carbocycles. The Hall–Kier alpha value is -2.52. The highest BCUT2D eigenvalue weighted by Crippen LogP contribution is 2.57. The van der Waals surface area contributed by atoms with E-state index in [9.17, 15) is 36.2 Å². The zero-order chi connectivity index (χ0) is 22.1. The number of halogens is 6. The van der Waals surface area contributed by atoms with Crippen molar-refractivity contribution in [2.45, 2.75) is 34.7 Å². The molecule has 1 unspecified atom stereocenters. The second kappa shape index (κ2) is 6.49. The zero-order valence-electron chi connectivity index (χ0n) is 15.2. The molecule has 1 N–H and O–H groups in total. The van der Waals surface area contributed by atoms with Gasteiger partial charge in [-0.15, -0.1) is 0 Å². The Morgan fingerprint density at radius 3 is 2.17 bits per heavy atom. The summed E-state index contributed by atoms with van der Waals surface area (Å²) in [6, 6.07) is 10.1. The van der Waals surface area contributed by atoms with Crippen LogP contribution >= 0.6 is 11.8 Å². The fourth-order valence-corrected chi connectivity index (χ4v) is 4.92. The Kier molecular flexibility index (Phi) is 4.48. The van der Waals surface area contributed by atoms with Crippen LogP contribution in [-0.2, 0) is 5.60 Å². The van der Waals surface area contributed by atoms with Crippen LogP contribution in [0.2, 0.25) is 0 Å². The van der Waals surface area contributed by atoms with Crippen LogP contribution in [0.5, 0.6) is 0 Å². The molecule has 0 amide bonds. The normalized spacial score (nSPS) is 18.8. The zero-order valence-corrected chi connectivity index (χ0v) is 16.0. The van der Waals surface area contributed by atoms with Gasteiger partial charge in [0.05, 0.1) is 0 Å². The summed E-state index contributed by atoms with van der Waals surface area (Å²) in [7, 11) is 0. The molecule has 3 aromatic carbocycles. The summed E-state index contributed by atoms with van der Waals surface area (Å²) in [5, 5.41) is 10.9. The highest BCUT2D eigenvalue weighted by molar-refractivity contribution is 7.99. The maximum atomic E-state index is 14.2. The van der Waals surface area contributed by atoms with Crippen molar-refractivity contribution in [3.8, 4) is 0 Å². The van der Waals surface area contributed by atoms with Gasteiger partial charge in [-0.05, 0) is 29.8 Å². The molecule has 0 bridgehead atoms. The molecule has 0 fully saturated rings. The number of ketones is 1. The molecule has 1 aliphatic heterocycles. The van der Waals surface area contributed by atoms with Crippen molar-refractivity contribution >= 4 is 28.3 Å². The average molecular weight is 442 g/mol. The lowest BCUT2D eigenvalue weighted by Gasteiger charge is -2.38. The molecule has 1 heterocycles. The van der Waals surface area contributed by atoms with Crippen molar-refractivity contribution in [3.05, 3.63) is 70.8 Å². The summed E-state index contributed by atoms with van der Waals surface area (Å²) in [5.74, 6) is -2.27. The van der Waals surface area contributed by atoms with Gasteiger partial charge < -0.3 is 5.11 Å². The van der Waals surface area contributed by atoms with Gasteiger partial charge in [-0.3, -0.25) is 4.79 Å². The molecule has 0 spiro atoms. The van der Waals surface area contributed by atoms with Crippen LogP contribution in [0.25, 0.3) is 10.8 Å². The van der Waals surface area contributed by atoms with E-state index in [0.717, 1.165) is 17.8 Å². The van der Waals surface area contributed by atoms with Gasteiger partial charge in [-0.2, -0.15) is 26.3 Å². The van der Waals surface area contributed by atoms with E-state index in [2.05, 4.69) is 0 Å². The van der Waals surface area contributed by atoms with E-state index in [1.807, 2.05) is 0 Å². The Morgan fingerprint density at radius 2 is 1.57 bits per heavy atom. The van der Waals surface area contributed by atoms with Crippen molar-refractivity contribution in [2.75, 3.05) is 0 Å². The van der Waals surface area contributed by atoms with Gasteiger partial charge in [0.15, 0.2) is 0 Å². The molecule has 1 aliphatic rings. The van der Waals surface area contributed by atoms with Gasteiger partial charge in [-0.1, -0.05) is 53.7 Å². The molecule has 1 atom stereocenters. The number of alkyl halides is 6. The number of carbonyl (C=O) groups excluding carboxylic acids is 1. The van der Waals surface area contributed by atoms with Gasteiger partial charge in [0.1, 0.15) is 0 Å². The molecule has 0 saturated heterocycles. The minimum Gasteiger partial charge on any atom is -0.372 e. The van der Waals surface area contributed by atoms with Gasteiger partial charge in [0.25, 0.3) is 5.78 Å². The first-order chi connectivity index (χ1) is 13.9. The third-order valence-corrected chi connectivity index (χ3v) is 6.25. The maximum Gasteiger partial charge on any atom is 0.454 e. The number of fused-ring (bicyclic) bond motifs is 4. The molecule has 30 heavy (non-hydrogen) atoms. The topological polar surface area (TPSA) is 37.3 Å². The molecule has 3 aromatic rings. The van der Waals surface area contributed by atoms with Gasteiger partial charge in [-0.25, -0.2) is 0 Å². The monoisotopic (exact) mass is 442 g/mol. The van der Waals surface area contributed by atoms with E-state index in [0.29, 0.717) is 11.6 Å². The first kappa shape index (κ1) is 20.7. The molecular formula is C21H12F6O2S. The Morgan fingerprint density at radius 1 is 0.933 bits per heavy atom. The number of carbonyl (C=O) groups is 1. The Bertz CT molecular complexity index is 1200. The van der Waals surface area contributed by atoms with Crippen molar-refractivity contribution < 1.29 is 36.2 Å². The predicted molar refractivity (Wildman–Crippen MR) is 98.7 cm³/mol. The van der Waals surface area contributed by atoms with Gasteiger partial charge in [0.2, 0.25) is 5.60 Å². The van der Waals surface area contributed by atoms with Crippen LogP contribution in [0, 0.1) is 6.92 Å². The summed E-state index contributed by atoms with van der Waals surface area (Å²) < 4.78 is 82.2. The molecule has 0 saturated carbocycles. The fraction of sp³-hybridized carbons (Fsp3) is 0.190. The SMILES string of the molecule is Cc1ccc2c(c1)C(O)(C(F)(F)F)c1cc(C(=O)C(F)(F)F)c3ccccc3c1S2. The van der Waals surface area contributed by atoms with Crippen LogP contribution in [0.15, 0.2) is 58.3 Å². The van der Waals surface area contributed by atoms with Crippen molar-refractivity contribution in [1.29, 1.82) is 0 Å². The second-order valence-electron chi connectivity index (χ2n) is 6.98. The number of aliphatic hydroxyl groups is 1. The maximum absolute atomic E-state index is 14.2. The van der Waals surface area contributed by atoms with Crippen molar-refractivity contribution in [3.63, 3.8) is 0 Å². The highest BCUT2D eigenvalue weighted by atomic mass is 32.2. The Balaban J connectivity index is 2.15. The molecule has 9 heteroatoms. The molecular weight excluding hydrogens is 430 g/mol. The summed E-state index contributed by atoms with van der Waals surface area (Å²) in [6.45, 7) is 1.54. The lowest BCUT2D eigenvalue weighted by Crippen LogP contribution is -2.45. The summed E-state index contributed by atoms with van der Waals surface area (Å²) >= 11 is 0.914. The van der Waals surface area contributed by atoms with E-state index in [1.165, 1.54) is 37.3 Å². The summed E-state index contributed by atoms with van der Waals surface area (Å²) in [5.41, 5.74) is -5.33. The van der Waals surface area contributed by atoms with Crippen LogP contribution in [0.1, 0.15) is 27.0 Å². The Labute approximate surface area is 170 Å². The number of Topliss-reactive ketones (excluding diaryl/α,β-unsaturated/α-hetero) is 1. The van der Waals surface area contributed by atoms with Gasteiger partial charge >= 0.3 is 12.4 Å². The van der Waals surface area contributed by atoms with Crippen molar-refractivity contribution in [1.82, 2.24) is 0 Å². The fourth-order valence-electron chi connectivity index (χ4n) is 3.64. The highest BCUT2D eigenvalue weighted by Gasteiger charge is 2.60. The molecule has 156 valence electrons. The largest absolute Gasteiger partial charge is 0.454 e. The molecule has 0 aromatic heterocycles. The number of hydrogen-bond acceptors (Lipinski definition) is 3. The van der Waals surface area contributed by atoms with E-state index in [-0.39, 0.29) is 20.6 Å². The number of aryl methyl sites for hydroxylation is 1. The smallest absolute Gasteiger partial charge is 0.372 e. The summed E-state index contributed by atoms with van der Waals surface area (Å²) in [6.07, 6.45) is -10.5. The molecule has 2 nitrogen and oxygen atoms in total. The van der Waals surface area contributed by atoms with Crippen LogP contribution in [-0.4, -0.2) is 23.2 Å². The average Bonchev–Trinajstić information content (AvgIpc) is 2.66. The van der Waals surface area contributed by atoms with Crippen LogP contribution in [0.4, 0.5) is 26.3 Å². The number of rotatable bonds is 1. The van der Waals surface area contributed by atoms with Gasteiger partial charge in [0, 0.05) is 26.5 Å². The number of hydrogen-bond donors (Lipinski definition) is 1. The van der Waals surface area contributed by atoms with E-state index in [1.54, 1.807) is 6.07 Å². The minimum atomic E-state index is -5.29. The lowest BCUT2D eigenvalue weighted by atomic mass is 9.81. The predicted octanol–water partition coefficient (Wildman–Crippen LogP) is 6.16. The van der Waals surface area contributed by atoms with Crippen LogP contribution < -0.4 is 0 Å². The first-order valence-electron chi connectivity index (χ1n) is 8.61. The lowest BCUT2D eigenvalue weighted by molar-refractivity contribution is -0.250. The second-order valence-corrected chi connectivity index (χ2v) is 8.04. The first-order valence-corrected chi connectivity index (χ1v) is 9.43. The minimum absolute atomic E-state index is 0.0292. The molecule has 4 rings (SSSR count). The van der Waals surface area contributed by atoms with Crippen molar-refractivity contribution in [2.24, 2.45) is 0 Å². The third-order valence-electron chi connectivity index (χ3n) is 5.03. The summed E-state index contributed by atoms with van der Waals surface area (Å²) in [4.78, 5) is 12.1. The number of benzene rings is 3. The van der Waals surface area contributed by atoms with Crippen LogP contribution in [0.3, 0.4) is 0 Å².